The highest BCUT2D eigenvalue weighted by Crippen LogP contribution is 2.26. The zero-order valence-corrected chi connectivity index (χ0v) is 18.8. The standard InChI is InChI=1S/C23H23N5O3S/c1-4-31-17-8-6-16(7-9-17)18-10-12-21-25-26-23(28(21)27-18)32-14-22(29)24-19-13-15(2)5-11-20(19)30-3/h5-13H,4,14H2,1-3H3,(H,24,29). The van der Waals surface area contributed by atoms with Crippen LogP contribution in [0.1, 0.15) is 12.5 Å². The van der Waals surface area contributed by atoms with Crippen molar-refractivity contribution < 1.29 is 14.3 Å². The predicted molar refractivity (Wildman–Crippen MR) is 124 cm³/mol. The highest BCUT2D eigenvalue weighted by atomic mass is 32.2. The fourth-order valence-electron chi connectivity index (χ4n) is 3.14. The number of nitrogens with one attached hydrogen (secondary N) is 1. The number of nitrogens with zero attached hydrogens (tertiary/aromatic N) is 4. The summed E-state index contributed by atoms with van der Waals surface area (Å²) in [6.45, 7) is 4.53. The lowest BCUT2D eigenvalue weighted by Crippen LogP contribution is -2.15. The molecule has 0 fully saturated rings. The van der Waals surface area contributed by atoms with E-state index in [1.165, 1.54) is 11.8 Å². The molecule has 1 N–H and O–H groups in total. The molecule has 0 aliphatic rings. The van der Waals surface area contributed by atoms with E-state index in [2.05, 4.69) is 20.6 Å². The van der Waals surface area contributed by atoms with Crippen LogP contribution in [0.3, 0.4) is 0 Å². The molecule has 2 aromatic carbocycles. The number of hydrogen-bond acceptors (Lipinski definition) is 7. The van der Waals surface area contributed by atoms with E-state index in [4.69, 9.17) is 9.47 Å². The van der Waals surface area contributed by atoms with Gasteiger partial charge in [-0.05, 0) is 67.9 Å². The summed E-state index contributed by atoms with van der Waals surface area (Å²) in [5.41, 5.74) is 4.01. The van der Waals surface area contributed by atoms with E-state index in [9.17, 15) is 4.79 Å². The van der Waals surface area contributed by atoms with Crippen LogP contribution in [0.2, 0.25) is 0 Å². The van der Waals surface area contributed by atoms with Crippen LogP contribution >= 0.6 is 11.8 Å². The molecule has 0 aliphatic carbocycles. The number of amides is 1. The Labute approximate surface area is 190 Å². The third-order valence-electron chi connectivity index (χ3n) is 4.66. The van der Waals surface area contributed by atoms with E-state index in [1.54, 1.807) is 11.6 Å². The maximum absolute atomic E-state index is 12.5. The number of thioether (sulfide) groups is 1. The summed E-state index contributed by atoms with van der Waals surface area (Å²) in [5, 5.41) is 16.4. The van der Waals surface area contributed by atoms with Crippen molar-refractivity contribution in [3.8, 4) is 22.8 Å². The van der Waals surface area contributed by atoms with Gasteiger partial charge in [0.1, 0.15) is 11.5 Å². The minimum Gasteiger partial charge on any atom is -0.495 e. The van der Waals surface area contributed by atoms with Gasteiger partial charge in [0, 0.05) is 5.56 Å². The molecule has 0 saturated carbocycles. The van der Waals surface area contributed by atoms with Crippen molar-refractivity contribution in [1.29, 1.82) is 0 Å². The van der Waals surface area contributed by atoms with Gasteiger partial charge in [-0.3, -0.25) is 4.79 Å². The van der Waals surface area contributed by atoms with E-state index in [1.807, 2.05) is 68.4 Å². The van der Waals surface area contributed by atoms with E-state index in [0.29, 0.717) is 28.8 Å². The van der Waals surface area contributed by atoms with Gasteiger partial charge in [0.05, 0.1) is 30.9 Å². The third-order valence-corrected chi connectivity index (χ3v) is 5.58. The Morgan fingerprint density at radius 2 is 1.91 bits per heavy atom. The van der Waals surface area contributed by atoms with Gasteiger partial charge < -0.3 is 14.8 Å². The molecule has 32 heavy (non-hydrogen) atoms. The SMILES string of the molecule is CCOc1ccc(-c2ccc3nnc(SCC(=O)Nc4cc(C)ccc4OC)n3n2)cc1. The number of rotatable bonds is 8. The Morgan fingerprint density at radius 3 is 2.66 bits per heavy atom. The van der Waals surface area contributed by atoms with Crippen LogP contribution in [-0.2, 0) is 4.79 Å². The molecular formula is C23H23N5O3S. The van der Waals surface area contributed by atoms with Crippen LogP contribution in [0, 0.1) is 6.92 Å². The summed E-state index contributed by atoms with van der Waals surface area (Å²) < 4.78 is 12.5. The average molecular weight is 450 g/mol. The third kappa shape index (κ3) is 4.83. The fraction of sp³-hybridized carbons (Fsp3) is 0.217. The average Bonchev–Trinajstić information content (AvgIpc) is 3.21. The maximum Gasteiger partial charge on any atom is 0.234 e. The molecule has 0 atom stereocenters. The summed E-state index contributed by atoms with van der Waals surface area (Å²) >= 11 is 1.27. The largest absolute Gasteiger partial charge is 0.495 e. The summed E-state index contributed by atoms with van der Waals surface area (Å²) in [5.74, 6) is 1.42. The van der Waals surface area contributed by atoms with Crippen molar-refractivity contribution in [2.75, 3.05) is 24.8 Å². The first-order valence-electron chi connectivity index (χ1n) is 10.1. The topological polar surface area (TPSA) is 90.6 Å². The highest BCUT2D eigenvalue weighted by molar-refractivity contribution is 7.99. The van der Waals surface area contributed by atoms with E-state index in [0.717, 1.165) is 22.6 Å². The van der Waals surface area contributed by atoms with Crippen LogP contribution in [0.25, 0.3) is 16.9 Å². The van der Waals surface area contributed by atoms with E-state index < -0.39 is 0 Å². The van der Waals surface area contributed by atoms with E-state index in [-0.39, 0.29) is 11.7 Å². The number of aromatic nitrogens is 4. The van der Waals surface area contributed by atoms with Gasteiger partial charge >= 0.3 is 0 Å². The molecule has 1 amide bonds. The lowest BCUT2D eigenvalue weighted by atomic mass is 10.1. The summed E-state index contributed by atoms with van der Waals surface area (Å²) in [4.78, 5) is 12.5. The zero-order chi connectivity index (χ0) is 22.5. The van der Waals surface area contributed by atoms with Gasteiger partial charge in [0.2, 0.25) is 11.1 Å². The molecule has 164 valence electrons. The van der Waals surface area contributed by atoms with Gasteiger partial charge in [0.25, 0.3) is 0 Å². The Morgan fingerprint density at radius 1 is 1.09 bits per heavy atom. The number of carbonyl (C=O) groups excluding carboxylic acids is 1. The number of benzene rings is 2. The zero-order valence-electron chi connectivity index (χ0n) is 18.0. The lowest BCUT2D eigenvalue weighted by molar-refractivity contribution is -0.113. The molecule has 0 saturated heterocycles. The van der Waals surface area contributed by atoms with Gasteiger partial charge in [0.15, 0.2) is 5.65 Å². The van der Waals surface area contributed by atoms with Gasteiger partial charge in [-0.1, -0.05) is 17.8 Å². The van der Waals surface area contributed by atoms with Crippen LogP contribution < -0.4 is 14.8 Å². The van der Waals surface area contributed by atoms with Crippen LogP contribution in [-0.4, -0.2) is 45.2 Å². The van der Waals surface area contributed by atoms with Gasteiger partial charge in [-0.15, -0.1) is 10.2 Å². The van der Waals surface area contributed by atoms with Crippen LogP contribution in [0.5, 0.6) is 11.5 Å². The second-order valence-corrected chi connectivity index (χ2v) is 7.91. The molecule has 2 heterocycles. The molecule has 0 radical (unpaired) electrons. The van der Waals surface area contributed by atoms with Crippen molar-refractivity contribution >= 4 is 29.0 Å². The van der Waals surface area contributed by atoms with Crippen LogP contribution in [0.15, 0.2) is 59.8 Å². The molecule has 4 aromatic rings. The Hall–Kier alpha value is -3.59. The number of anilines is 1. The number of carbonyl (C=O) groups is 1. The normalized spacial score (nSPS) is 10.8. The Kier molecular flexibility index (Phi) is 6.55. The molecule has 9 heteroatoms. The minimum atomic E-state index is -0.168. The number of ether oxygens (including phenoxy) is 2. The molecule has 0 unspecified atom stereocenters. The molecule has 0 spiro atoms. The first-order chi connectivity index (χ1) is 15.6. The second kappa shape index (κ2) is 9.69. The van der Waals surface area contributed by atoms with Crippen molar-refractivity contribution in [2.24, 2.45) is 0 Å². The maximum atomic E-state index is 12.5. The Bertz CT molecular complexity index is 1240. The quantitative estimate of drug-likeness (QED) is 0.402. The molecule has 2 aromatic heterocycles. The van der Waals surface area contributed by atoms with Crippen molar-refractivity contribution in [3.05, 3.63) is 60.2 Å². The summed E-state index contributed by atoms with van der Waals surface area (Å²) in [6, 6.07) is 17.1. The number of methoxy groups -OCH3 is 1. The van der Waals surface area contributed by atoms with Gasteiger partial charge in [-0.2, -0.15) is 9.61 Å². The van der Waals surface area contributed by atoms with Crippen molar-refractivity contribution in [2.45, 2.75) is 19.0 Å². The smallest absolute Gasteiger partial charge is 0.234 e. The fourth-order valence-corrected chi connectivity index (χ4v) is 3.83. The molecule has 4 rings (SSSR count). The minimum absolute atomic E-state index is 0.160. The number of hydrogen-bond donors (Lipinski definition) is 1. The van der Waals surface area contributed by atoms with Crippen LogP contribution in [0.4, 0.5) is 5.69 Å². The summed E-state index contributed by atoms with van der Waals surface area (Å²) in [6.07, 6.45) is 0. The molecular weight excluding hydrogens is 426 g/mol. The van der Waals surface area contributed by atoms with E-state index >= 15 is 0 Å². The van der Waals surface area contributed by atoms with Gasteiger partial charge in [-0.25, -0.2) is 0 Å². The second-order valence-electron chi connectivity index (χ2n) is 6.97. The first kappa shape index (κ1) is 21.6. The Balaban J connectivity index is 1.48. The highest BCUT2D eigenvalue weighted by Gasteiger charge is 2.13. The summed E-state index contributed by atoms with van der Waals surface area (Å²) in [7, 11) is 1.57. The predicted octanol–water partition coefficient (Wildman–Crippen LogP) is 4.24. The lowest BCUT2D eigenvalue weighted by Gasteiger charge is -2.10. The first-order valence-corrected chi connectivity index (χ1v) is 11.1. The molecule has 8 nitrogen and oxygen atoms in total. The van der Waals surface area contributed by atoms with Crippen molar-refractivity contribution in [3.63, 3.8) is 0 Å². The monoisotopic (exact) mass is 449 g/mol. The van der Waals surface area contributed by atoms with Crippen molar-refractivity contribution in [1.82, 2.24) is 19.8 Å². The molecule has 0 aliphatic heterocycles. The number of aryl methyl sites for hydroxylation is 1. The molecule has 0 bridgehead atoms. The number of fused-ring (bicyclic) bond motifs is 1.